The van der Waals surface area contributed by atoms with Crippen LogP contribution in [-0.2, 0) is 17.7 Å². The molecule has 0 bridgehead atoms. The molecule has 1 N–H and O–H groups in total. The van der Waals surface area contributed by atoms with Gasteiger partial charge in [0.15, 0.2) is 0 Å². The number of hydrogen-bond donors (Lipinski definition) is 1. The lowest BCUT2D eigenvalue weighted by atomic mass is 10.1. The third kappa shape index (κ3) is 6.44. The van der Waals surface area contributed by atoms with Crippen molar-refractivity contribution in [1.29, 1.82) is 0 Å². The molecule has 3 rings (SSSR count). The molecular formula is C22H24ClN3O4. The summed E-state index contributed by atoms with van der Waals surface area (Å²) >= 11 is 6.19. The van der Waals surface area contributed by atoms with Crippen LogP contribution in [0.5, 0.6) is 0 Å². The minimum atomic E-state index is -0.679. The highest BCUT2D eigenvalue weighted by Gasteiger charge is 2.16. The fourth-order valence-corrected chi connectivity index (χ4v) is 3.10. The normalized spacial score (nSPS) is 12.2. The molecule has 1 unspecified atom stereocenters. The molecule has 0 spiro atoms. The molecule has 7 nitrogen and oxygen atoms in total. The van der Waals surface area contributed by atoms with Gasteiger partial charge in [-0.25, -0.2) is 0 Å². The molecule has 0 aliphatic carbocycles. The molecule has 3 aromatic rings. The fourth-order valence-electron chi connectivity index (χ4n) is 2.92. The second-order valence-electron chi connectivity index (χ2n) is 6.91. The SMILES string of the molecule is C#CCOCC(O)CN(CCc1nc(-c2ccc(C)c(Cl)c2)no1)Cc1ccco1. The molecule has 2 heterocycles. The number of halogens is 1. The van der Waals surface area contributed by atoms with Crippen LogP contribution in [0.2, 0.25) is 5.02 Å². The predicted molar refractivity (Wildman–Crippen MR) is 113 cm³/mol. The number of furan rings is 1. The summed E-state index contributed by atoms with van der Waals surface area (Å²) in [5, 5.41) is 15.0. The number of benzene rings is 1. The van der Waals surface area contributed by atoms with Crippen LogP contribution in [0.15, 0.2) is 45.5 Å². The van der Waals surface area contributed by atoms with Crippen molar-refractivity contribution in [2.24, 2.45) is 0 Å². The zero-order valence-electron chi connectivity index (χ0n) is 16.8. The van der Waals surface area contributed by atoms with Gasteiger partial charge in [0.1, 0.15) is 12.4 Å². The summed E-state index contributed by atoms with van der Waals surface area (Å²) in [5.41, 5.74) is 1.79. The molecule has 1 aromatic carbocycles. The zero-order chi connectivity index (χ0) is 21.3. The van der Waals surface area contributed by atoms with Crippen LogP contribution < -0.4 is 0 Å². The first-order valence-corrected chi connectivity index (χ1v) is 9.96. The lowest BCUT2D eigenvalue weighted by Crippen LogP contribution is -2.36. The monoisotopic (exact) mass is 429 g/mol. The number of hydrogen-bond acceptors (Lipinski definition) is 7. The number of aliphatic hydroxyl groups is 1. The van der Waals surface area contributed by atoms with E-state index < -0.39 is 6.10 Å². The number of ether oxygens (including phenoxy) is 1. The molecule has 8 heteroatoms. The molecule has 0 aliphatic heterocycles. The quantitative estimate of drug-likeness (QED) is 0.369. The fraction of sp³-hybridized carbons (Fsp3) is 0.364. The average Bonchev–Trinajstić information content (AvgIpc) is 3.40. The first-order valence-electron chi connectivity index (χ1n) is 9.58. The van der Waals surface area contributed by atoms with Gasteiger partial charge < -0.3 is 18.8 Å². The van der Waals surface area contributed by atoms with Crippen molar-refractivity contribution >= 4 is 11.6 Å². The number of aromatic nitrogens is 2. The zero-order valence-corrected chi connectivity index (χ0v) is 17.5. The van der Waals surface area contributed by atoms with Crippen molar-refractivity contribution in [2.45, 2.75) is 26.0 Å². The molecule has 158 valence electrons. The smallest absolute Gasteiger partial charge is 0.228 e. The van der Waals surface area contributed by atoms with E-state index in [-0.39, 0.29) is 13.2 Å². The highest BCUT2D eigenvalue weighted by atomic mass is 35.5. The topological polar surface area (TPSA) is 84.8 Å². The number of rotatable bonds is 11. The van der Waals surface area contributed by atoms with Gasteiger partial charge in [-0.15, -0.1) is 6.42 Å². The predicted octanol–water partition coefficient (Wildman–Crippen LogP) is 3.35. The molecule has 2 aromatic heterocycles. The van der Waals surface area contributed by atoms with E-state index in [0.29, 0.717) is 42.8 Å². The van der Waals surface area contributed by atoms with Gasteiger partial charge >= 0.3 is 0 Å². The van der Waals surface area contributed by atoms with Crippen molar-refractivity contribution in [2.75, 3.05) is 26.3 Å². The maximum absolute atomic E-state index is 10.2. The lowest BCUT2D eigenvalue weighted by molar-refractivity contribution is 0.0247. The van der Waals surface area contributed by atoms with Crippen LogP contribution >= 0.6 is 11.6 Å². The van der Waals surface area contributed by atoms with E-state index in [4.69, 9.17) is 31.7 Å². The Morgan fingerprint density at radius 1 is 1.37 bits per heavy atom. The summed E-state index contributed by atoms with van der Waals surface area (Å²) in [7, 11) is 0. The molecule has 1 atom stereocenters. The molecule has 0 radical (unpaired) electrons. The Hall–Kier alpha value is -2.63. The molecule has 30 heavy (non-hydrogen) atoms. The maximum Gasteiger partial charge on any atom is 0.228 e. The third-order valence-corrected chi connectivity index (χ3v) is 4.87. The van der Waals surface area contributed by atoms with Crippen LogP contribution in [0.3, 0.4) is 0 Å². The summed E-state index contributed by atoms with van der Waals surface area (Å²) < 4.78 is 16.1. The van der Waals surface area contributed by atoms with Crippen LogP contribution in [-0.4, -0.2) is 52.6 Å². The second-order valence-corrected chi connectivity index (χ2v) is 7.32. The molecule has 0 aliphatic rings. The van der Waals surface area contributed by atoms with E-state index in [0.717, 1.165) is 16.9 Å². The summed E-state index contributed by atoms with van der Waals surface area (Å²) in [6.07, 6.45) is 6.63. The second kappa shape index (κ2) is 11.0. The summed E-state index contributed by atoms with van der Waals surface area (Å²) in [6.45, 7) is 3.78. The van der Waals surface area contributed by atoms with Crippen molar-refractivity contribution in [3.63, 3.8) is 0 Å². The first-order chi connectivity index (χ1) is 14.5. The number of terminal acetylenes is 1. The Balaban J connectivity index is 1.61. The Morgan fingerprint density at radius 2 is 2.23 bits per heavy atom. The molecule has 0 saturated heterocycles. The van der Waals surface area contributed by atoms with E-state index >= 15 is 0 Å². The Morgan fingerprint density at radius 3 is 2.97 bits per heavy atom. The highest BCUT2D eigenvalue weighted by molar-refractivity contribution is 6.31. The third-order valence-electron chi connectivity index (χ3n) is 4.46. The standard InChI is InChI=1S/C22H24ClN3O4/c1-3-10-28-15-18(27)13-26(14-19-5-4-11-29-19)9-8-21-24-22(25-30-21)17-7-6-16(2)20(23)12-17/h1,4-7,11-12,18,27H,8-10,13-15H2,2H3. The van der Waals surface area contributed by atoms with Crippen molar-refractivity contribution in [3.8, 4) is 23.7 Å². The number of nitrogens with zero attached hydrogens (tertiary/aromatic N) is 3. The van der Waals surface area contributed by atoms with Crippen LogP contribution in [0.4, 0.5) is 0 Å². The van der Waals surface area contributed by atoms with E-state index in [9.17, 15) is 5.11 Å². The average molecular weight is 430 g/mol. The minimum absolute atomic E-state index is 0.164. The largest absolute Gasteiger partial charge is 0.468 e. The summed E-state index contributed by atoms with van der Waals surface area (Å²) in [4.78, 5) is 6.50. The minimum Gasteiger partial charge on any atom is -0.468 e. The highest BCUT2D eigenvalue weighted by Crippen LogP contribution is 2.23. The molecular weight excluding hydrogens is 406 g/mol. The molecule has 0 fully saturated rings. The Kier molecular flexibility index (Phi) is 8.05. The van der Waals surface area contributed by atoms with Gasteiger partial charge in [-0.2, -0.15) is 4.98 Å². The van der Waals surface area contributed by atoms with Gasteiger partial charge in [0, 0.05) is 30.1 Å². The van der Waals surface area contributed by atoms with E-state index in [1.54, 1.807) is 6.26 Å². The van der Waals surface area contributed by atoms with Crippen molar-refractivity contribution in [3.05, 3.63) is 58.8 Å². The maximum atomic E-state index is 10.2. The van der Waals surface area contributed by atoms with Crippen LogP contribution in [0.1, 0.15) is 17.2 Å². The van der Waals surface area contributed by atoms with E-state index in [1.165, 1.54) is 0 Å². The van der Waals surface area contributed by atoms with Gasteiger partial charge in [-0.05, 0) is 30.7 Å². The first kappa shape index (κ1) is 22.1. The summed E-state index contributed by atoms with van der Waals surface area (Å²) in [5.74, 6) is 4.18. The van der Waals surface area contributed by atoms with Gasteiger partial charge in [0.05, 0.1) is 25.5 Å². The van der Waals surface area contributed by atoms with E-state index in [2.05, 4.69) is 16.1 Å². The van der Waals surface area contributed by atoms with Crippen molar-refractivity contribution in [1.82, 2.24) is 15.0 Å². The summed E-state index contributed by atoms with van der Waals surface area (Å²) in [6, 6.07) is 9.37. The molecule has 0 saturated carbocycles. The van der Waals surface area contributed by atoms with Crippen molar-refractivity contribution < 1.29 is 18.8 Å². The Bertz CT molecular complexity index is 965. The number of aryl methyl sites for hydroxylation is 1. The van der Waals surface area contributed by atoms with Gasteiger partial charge in [0.2, 0.25) is 11.7 Å². The molecule has 0 amide bonds. The van der Waals surface area contributed by atoms with Gasteiger partial charge in [-0.1, -0.05) is 34.8 Å². The number of aliphatic hydroxyl groups excluding tert-OH is 1. The van der Waals surface area contributed by atoms with Crippen LogP contribution in [0.25, 0.3) is 11.4 Å². The van der Waals surface area contributed by atoms with Gasteiger partial charge in [-0.3, -0.25) is 4.90 Å². The van der Waals surface area contributed by atoms with Gasteiger partial charge in [0.25, 0.3) is 0 Å². The Labute approximate surface area is 180 Å². The van der Waals surface area contributed by atoms with Crippen LogP contribution in [0, 0.1) is 19.3 Å². The van der Waals surface area contributed by atoms with E-state index in [1.807, 2.05) is 42.2 Å². The lowest BCUT2D eigenvalue weighted by Gasteiger charge is -2.23.